The van der Waals surface area contributed by atoms with Gasteiger partial charge in [-0.25, -0.2) is 0 Å². The van der Waals surface area contributed by atoms with Gasteiger partial charge >= 0.3 is 5.51 Å². The van der Waals surface area contributed by atoms with Crippen LogP contribution in [0.25, 0.3) is 10.9 Å². The fraction of sp³-hybridized carbons (Fsp3) is 0.500. The summed E-state index contributed by atoms with van der Waals surface area (Å²) in [4.78, 5) is 12.2. The average Bonchev–Trinajstić information content (AvgIpc) is 2.87. The van der Waals surface area contributed by atoms with E-state index >= 15 is 0 Å². The van der Waals surface area contributed by atoms with Gasteiger partial charge in [0.2, 0.25) is 0 Å². The number of carbonyl (C=O) groups is 1. The van der Waals surface area contributed by atoms with E-state index in [-0.39, 0.29) is 42.4 Å². The second kappa shape index (κ2) is 8.49. The number of aryl methyl sites for hydroxylation is 1. The highest BCUT2D eigenvalue weighted by atomic mass is 35.5. The van der Waals surface area contributed by atoms with Gasteiger partial charge in [0, 0.05) is 55.0 Å². The first-order chi connectivity index (χ1) is 11.8. The quantitative estimate of drug-likeness (QED) is 0.721. The second-order valence-electron chi connectivity index (χ2n) is 6.15. The van der Waals surface area contributed by atoms with Crippen molar-refractivity contribution < 1.29 is 18.0 Å². The molecule has 1 saturated heterocycles. The number of aromatic nitrogens is 2. The molecule has 5 nitrogen and oxygen atoms in total. The van der Waals surface area contributed by atoms with Crippen LogP contribution in [0.2, 0.25) is 0 Å². The van der Waals surface area contributed by atoms with Crippen molar-refractivity contribution in [1.29, 1.82) is 0 Å². The molecule has 1 amide bonds. The molecule has 0 spiro atoms. The number of rotatable bonds is 6. The van der Waals surface area contributed by atoms with Gasteiger partial charge < -0.3 is 10.6 Å². The van der Waals surface area contributed by atoms with Gasteiger partial charge in [-0.3, -0.25) is 9.48 Å². The molecular weight excluding hydrogens is 389 g/mol. The molecule has 0 bridgehead atoms. The van der Waals surface area contributed by atoms with Gasteiger partial charge in [0.1, 0.15) is 0 Å². The van der Waals surface area contributed by atoms with E-state index in [1.807, 2.05) is 16.9 Å². The van der Waals surface area contributed by atoms with Crippen LogP contribution >= 0.6 is 24.2 Å². The van der Waals surface area contributed by atoms with Crippen LogP contribution in [-0.4, -0.2) is 46.6 Å². The van der Waals surface area contributed by atoms with Crippen LogP contribution in [0.3, 0.4) is 0 Å². The van der Waals surface area contributed by atoms with E-state index in [2.05, 4.69) is 15.7 Å². The van der Waals surface area contributed by atoms with Crippen LogP contribution < -0.4 is 10.6 Å². The zero-order chi connectivity index (χ0) is 18.0. The molecule has 2 heterocycles. The van der Waals surface area contributed by atoms with Crippen LogP contribution in [0.4, 0.5) is 13.2 Å². The lowest BCUT2D eigenvalue weighted by Crippen LogP contribution is -2.44. The zero-order valence-corrected chi connectivity index (χ0v) is 15.7. The molecule has 0 atom stereocenters. The molecule has 0 aliphatic carbocycles. The SMILES string of the molecule is Cc1cc2nn(CC3CNC3)cc2cc1C(=O)NCCSC(F)(F)F.Cl. The molecular formula is C16H20ClF3N4OS. The minimum absolute atomic E-state index is 0. The number of fused-ring (bicyclic) bond motifs is 1. The summed E-state index contributed by atoms with van der Waals surface area (Å²) in [7, 11) is 0. The molecule has 2 aromatic rings. The number of hydrogen-bond acceptors (Lipinski definition) is 4. The Bertz CT molecular complexity index is 777. The Kier molecular flexibility index (Phi) is 6.81. The normalized spacial score (nSPS) is 14.8. The number of nitrogens with one attached hydrogen (secondary N) is 2. The summed E-state index contributed by atoms with van der Waals surface area (Å²) in [6, 6.07) is 3.59. The third-order valence-electron chi connectivity index (χ3n) is 4.11. The fourth-order valence-electron chi connectivity index (χ4n) is 2.73. The van der Waals surface area contributed by atoms with Crippen molar-refractivity contribution in [3.05, 3.63) is 29.5 Å². The highest BCUT2D eigenvalue weighted by Gasteiger charge is 2.27. The van der Waals surface area contributed by atoms with Gasteiger partial charge in [-0.05, 0) is 36.4 Å². The van der Waals surface area contributed by atoms with Crippen molar-refractivity contribution in [3.8, 4) is 0 Å². The van der Waals surface area contributed by atoms with E-state index in [0.717, 1.165) is 36.1 Å². The van der Waals surface area contributed by atoms with Crippen molar-refractivity contribution in [1.82, 2.24) is 20.4 Å². The van der Waals surface area contributed by atoms with E-state index in [1.165, 1.54) is 0 Å². The van der Waals surface area contributed by atoms with E-state index in [1.54, 1.807) is 13.0 Å². The maximum absolute atomic E-state index is 12.2. The lowest BCUT2D eigenvalue weighted by atomic mass is 10.0. The van der Waals surface area contributed by atoms with E-state index in [0.29, 0.717) is 11.5 Å². The fourth-order valence-corrected chi connectivity index (χ4v) is 3.17. The second-order valence-corrected chi connectivity index (χ2v) is 7.31. The topological polar surface area (TPSA) is 59.0 Å². The summed E-state index contributed by atoms with van der Waals surface area (Å²) in [6.07, 6.45) is 1.91. The lowest BCUT2D eigenvalue weighted by Gasteiger charge is -2.26. The van der Waals surface area contributed by atoms with Crippen molar-refractivity contribution in [2.75, 3.05) is 25.4 Å². The number of carbonyl (C=O) groups excluding carboxylic acids is 1. The standard InChI is InChI=1S/C16H19F3N4OS.ClH/c1-10-4-14-12(9-23(22-14)8-11-6-20-7-11)5-13(10)15(24)21-2-3-25-16(17,18)19;/h4-5,9,11,20H,2-3,6-8H2,1H3,(H,21,24);1H. The summed E-state index contributed by atoms with van der Waals surface area (Å²) < 4.78 is 38.2. The highest BCUT2D eigenvalue weighted by molar-refractivity contribution is 8.00. The molecule has 26 heavy (non-hydrogen) atoms. The summed E-state index contributed by atoms with van der Waals surface area (Å²) in [5, 5.41) is 11.1. The summed E-state index contributed by atoms with van der Waals surface area (Å²) >= 11 is -0.139. The molecule has 3 rings (SSSR count). The van der Waals surface area contributed by atoms with Gasteiger partial charge in [-0.1, -0.05) is 0 Å². The Morgan fingerprint density at radius 1 is 1.42 bits per heavy atom. The highest BCUT2D eigenvalue weighted by Crippen LogP contribution is 2.29. The number of halogens is 4. The third-order valence-corrected chi connectivity index (χ3v) is 4.84. The van der Waals surface area contributed by atoms with E-state index < -0.39 is 5.51 Å². The molecule has 1 aromatic carbocycles. The Labute approximate surface area is 159 Å². The van der Waals surface area contributed by atoms with Crippen LogP contribution in [-0.2, 0) is 6.54 Å². The molecule has 0 unspecified atom stereocenters. The Morgan fingerprint density at radius 2 is 2.15 bits per heavy atom. The molecule has 144 valence electrons. The first-order valence-corrected chi connectivity index (χ1v) is 8.98. The van der Waals surface area contributed by atoms with Gasteiger partial charge in [0.05, 0.1) is 5.52 Å². The monoisotopic (exact) mass is 408 g/mol. The van der Waals surface area contributed by atoms with Gasteiger partial charge in [0.25, 0.3) is 5.91 Å². The van der Waals surface area contributed by atoms with Crippen molar-refractivity contribution in [2.24, 2.45) is 5.92 Å². The maximum atomic E-state index is 12.2. The molecule has 1 fully saturated rings. The van der Waals surface area contributed by atoms with Crippen molar-refractivity contribution in [3.63, 3.8) is 0 Å². The Hall–Kier alpha value is -1.45. The predicted octanol–water partition coefficient (Wildman–Crippen LogP) is 2.97. The Balaban J connectivity index is 0.00000243. The minimum atomic E-state index is -4.27. The van der Waals surface area contributed by atoms with Crippen LogP contribution in [0.15, 0.2) is 18.3 Å². The van der Waals surface area contributed by atoms with Crippen molar-refractivity contribution in [2.45, 2.75) is 19.0 Å². The van der Waals surface area contributed by atoms with E-state index in [4.69, 9.17) is 0 Å². The molecule has 1 aliphatic heterocycles. The molecule has 1 aliphatic rings. The number of thioether (sulfide) groups is 1. The van der Waals surface area contributed by atoms with Crippen molar-refractivity contribution >= 4 is 41.0 Å². The first-order valence-electron chi connectivity index (χ1n) is 7.99. The summed E-state index contributed by atoms with van der Waals surface area (Å²) in [6.45, 7) is 4.57. The largest absolute Gasteiger partial charge is 0.441 e. The maximum Gasteiger partial charge on any atom is 0.441 e. The zero-order valence-electron chi connectivity index (χ0n) is 14.1. The lowest BCUT2D eigenvalue weighted by molar-refractivity contribution is -0.0327. The molecule has 10 heteroatoms. The number of benzene rings is 1. The Morgan fingerprint density at radius 3 is 2.77 bits per heavy atom. The molecule has 0 radical (unpaired) electrons. The van der Waals surface area contributed by atoms with Crippen LogP contribution in [0, 0.1) is 12.8 Å². The predicted molar refractivity (Wildman–Crippen MR) is 98.9 cm³/mol. The summed E-state index contributed by atoms with van der Waals surface area (Å²) in [5.74, 6) is 0.00611. The number of nitrogens with zero attached hydrogens (tertiary/aromatic N) is 2. The minimum Gasteiger partial charge on any atom is -0.351 e. The number of alkyl halides is 3. The summed E-state index contributed by atoms with van der Waals surface area (Å²) in [5.41, 5.74) is -2.24. The first kappa shape index (κ1) is 20.9. The van der Waals surface area contributed by atoms with Gasteiger partial charge in [-0.2, -0.15) is 18.3 Å². The van der Waals surface area contributed by atoms with Gasteiger partial charge in [-0.15, -0.1) is 12.4 Å². The van der Waals surface area contributed by atoms with Crippen LogP contribution in [0.5, 0.6) is 0 Å². The van der Waals surface area contributed by atoms with Crippen LogP contribution in [0.1, 0.15) is 15.9 Å². The smallest absolute Gasteiger partial charge is 0.351 e. The number of amides is 1. The van der Waals surface area contributed by atoms with Gasteiger partial charge in [0.15, 0.2) is 0 Å². The third kappa shape index (κ3) is 5.28. The number of hydrogen-bond donors (Lipinski definition) is 2. The average molecular weight is 409 g/mol. The van der Waals surface area contributed by atoms with E-state index in [9.17, 15) is 18.0 Å². The molecule has 1 aromatic heterocycles. The molecule has 0 saturated carbocycles. The molecule has 2 N–H and O–H groups in total.